The van der Waals surface area contributed by atoms with E-state index in [1.54, 1.807) is 18.5 Å². The van der Waals surface area contributed by atoms with Gasteiger partial charge in [0.15, 0.2) is 5.65 Å². The molecule has 1 aliphatic rings. The first-order valence-electron chi connectivity index (χ1n) is 10.5. The van der Waals surface area contributed by atoms with Crippen molar-refractivity contribution in [1.29, 1.82) is 0 Å². The number of imidazole rings is 1. The third kappa shape index (κ3) is 3.67. The number of benzene rings is 1. The van der Waals surface area contributed by atoms with Crippen LogP contribution in [-0.2, 0) is 0 Å². The van der Waals surface area contributed by atoms with Crippen molar-refractivity contribution in [1.82, 2.24) is 35.3 Å². The monoisotopic (exact) mass is 417 g/mol. The number of piperidine rings is 1. The van der Waals surface area contributed by atoms with E-state index in [2.05, 4.69) is 63.0 Å². The lowest BCUT2D eigenvalue weighted by Crippen LogP contribution is -2.57. The summed E-state index contributed by atoms with van der Waals surface area (Å²) < 4.78 is 2.15. The molecule has 1 aliphatic heterocycles. The van der Waals surface area contributed by atoms with Crippen LogP contribution in [0.4, 0.5) is 0 Å². The lowest BCUT2D eigenvalue weighted by atomic mass is 9.79. The Morgan fingerprint density at radius 2 is 1.81 bits per heavy atom. The van der Waals surface area contributed by atoms with Gasteiger partial charge in [-0.1, -0.05) is 6.07 Å². The number of aromatic hydroxyl groups is 1. The SMILES string of the molecule is CC1(C)CC(n2cnc3cc(-c4ccc(-c5cn[nH]c5)cc4O)nnc32)CC(C)(C)N1. The highest BCUT2D eigenvalue weighted by atomic mass is 16.3. The molecule has 3 N–H and O–H groups in total. The van der Waals surface area contributed by atoms with Crippen LogP contribution < -0.4 is 5.32 Å². The summed E-state index contributed by atoms with van der Waals surface area (Å²) in [7, 11) is 0. The molecule has 0 spiro atoms. The molecule has 4 aromatic rings. The number of hydrogen-bond acceptors (Lipinski definition) is 6. The van der Waals surface area contributed by atoms with Gasteiger partial charge < -0.3 is 15.0 Å². The van der Waals surface area contributed by atoms with E-state index in [1.165, 1.54) is 0 Å². The summed E-state index contributed by atoms with van der Waals surface area (Å²) in [4.78, 5) is 4.61. The van der Waals surface area contributed by atoms with Gasteiger partial charge in [-0.2, -0.15) is 5.10 Å². The minimum atomic E-state index is 0.0267. The first-order valence-corrected chi connectivity index (χ1v) is 10.5. The molecular formula is C23H27N7O. The average Bonchev–Trinajstić information content (AvgIpc) is 3.35. The Morgan fingerprint density at radius 1 is 1.03 bits per heavy atom. The lowest BCUT2D eigenvalue weighted by Gasteiger charge is -2.46. The van der Waals surface area contributed by atoms with E-state index in [0.29, 0.717) is 17.3 Å². The fraction of sp³-hybridized carbons (Fsp3) is 0.391. The molecule has 0 aliphatic carbocycles. The van der Waals surface area contributed by atoms with E-state index < -0.39 is 0 Å². The number of H-pyrrole nitrogens is 1. The molecule has 0 amide bonds. The minimum absolute atomic E-state index is 0.0267. The summed E-state index contributed by atoms with van der Waals surface area (Å²) in [5, 5.41) is 30.0. The molecule has 0 atom stereocenters. The van der Waals surface area contributed by atoms with Gasteiger partial charge in [0.25, 0.3) is 0 Å². The summed E-state index contributed by atoms with van der Waals surface area (Å²) in [5.41, 5.74) is 4.62. The van der Waals surface area contributed by atoms with Crippen molar-refractivity contribution >= 4 is 11.2 Å². The van der Waals surface area contributed by atoms with Gasteiger partial charge in [0, 0.05) is 34.4 Å². The first-order chi connectivity index (χ1) is 14.7. The van der Waals surface area contributed by atoms with Crippen LogP contribution in [0.2, 0.25) is 0 Å². The minimum Gasteiger partial charge on any atom is -0.507 e. The fourth-order valence-corrected chi connectivity index (χ4v) is 5.03. The van der Waals surface area contributed by atoms with Gasteiger partial charge in [0.2, 0.25) is 0 Å². The van der Waals surface area contributed by atoms with Gasteiger partial charge in [-0.3, -0.25) is 5.10 Å². The molecule has 1 aromatic carbocycles. The van der Waals surface area contributed by atoms with Crippen molar-refractivity contribution in [2.24, 2.45) is 0 Å². The number of rotatable bonds is 3. The van der Waals surface area contributed by atoms with Crippen molar-refractivity contribution in [2.45, 2.75) is 57.7 Å². The number of nitrogens with one attached hydrogen (secondary N) is 2. The van der Waals surface area contributed by atoms with E-state index in [4.69, 9.17) is 0 Å². The van der Waals surface area contributed by atoms with Crippen LogP contribution in [0.25, 0.3) is 33.5 Å². The molecule has 5 rings (SSSR count). The predicted octanol–water partition coefficient (Wildman–Crippen LogP) is 4.07. The van der Waals surface area contributed by atoms with Gasteiger partial charge in [0.1, 0.15) is 11.3 Å². The number of aromatic nitrogens is 6. The largest absolute Gasteiger partial charge is 0.507 e. The Balaban J connectivity index is 1.49. The van der Waals surface area contributed by atoms with Crippen LogP contribution in [0.1, 0.15) is 46.6 Å². The summed E-state index contributed by atoms with van der Waals surface area (Å²) >= 11 is 0. The molecule has 160 valence electrons. The molecular weight excluding hydrogens is 390 g/mol. The zero-order valence-electron chi connectivity index (χ0n) is 18.2. The van der Waals surface area contributed by atoms with Crippen LogP contribution in [0.3, 0.4) is 0 Å². The second-order valence-electron chi connectivity index (χ2n) is 9.76. The normalized spacial score (nSPS) is 18.5. The maximum absolute atomic E-state index is 10.6. The van der Waals surface area contributed by atoms with Gasteiger partial charge in [-0.15, -0.1) is 10.2 Å². The number of phenols is 1. The van der Waals surface area contributed by atoms with Crippen LogP contribution in [0.5, 0.6) is 5.75 Å². The molecule has 1 saturated heterocycles. The van der Waals surface area contributed by atoms with E-state index >= 15 is 0 Å². The highest BCUT2D eigenvalue weighted by molar-refractivity contribution is 5.79. The Hall–Kier alpha value is -3.26. The topological polar surface area (TPSA) is 105 Å². The molecule has 0 saturated carbocycles. The van der Waals surface area contributed by atoms with Crippen molar-refractivity contribution in [3.05, 3.63) is 43.0 Å². The quantitative estimate of drug-likeness (QED) is 0.464. The lowest BCUT2D eigenvalue weighted by molar-refractivity contribution is 0.134. The van der Waals surface area contributed by atoms with Gasteiger partial charge in [-0.25, -0.2) is 4.98 Å². The Kier molecular flexibility index (Phi) is 4.37. The third-order valence-electron chi connectivity index (χ3n) is 5.99. The highest BCUT2D eigenvalue weighted by Crippen LogP contribution is 2.38. The number of aromatic amines is 1. The summed E-state index contributed by atoms with van der Waals surface area (Å²) in [6.45, 7) is 8.94. The zero-order chi connectivity index (χ0) is 21.8. The predicted molar refractivity (Wildman–Crippen MR) is 120 cm³/mol. The van der Waals surface area contributed by atoms with Crippen molar-refractivity contribution < 1.29 is 5.11 Å². The molecule has 31 heavy (non-hydrogen) atoms. The molecule has 3 aromatic heterocycles. The molecule has 0 bridgehead atoms. The number of hydrogen-bond donors (Lipinski definition) is 3. The second-order valence-corrected chi connectivity index (χ2v) is 9.76. The Morgan fingerprint density at radius 3 is 2.48 bits per heavy atom. The Bertz CT molecular complexity index is 1220. The third-order valence-corrected chi connectivity index (χ3v) is 5.99. The van der Waals surface area contributed by atoms with Crippen LogP contribution in [-0.4, -0.2) is 46.1 Å². The maximum atomic E-state index is 10.6. The van der Waals surface area contributed by atoms with Crippen LogP contribution >= 0.6 is 0 Å². The summed E-state index contributed by atoms with van der Waals surface area (Å²) in [5.74, 6) is 0.147. The summed E-state index contributed by atoms with van der Waals surface area (Å²) in [6.07, 6.45) is 7.35. The molecule has 8 nitrogen and oxygen atoms in total. The molecule has 0 radical (unpaired) electrons. The van der Waals surface area contributed by atoms with Gasteiger partial charge in [-0.05, 0) is 64.3 Å². The average molecular weight is 418 g/mol. The molecule has 1 fully saturated rings. The maximum Gasteiger partial charge on any atom is 0.182 e. The van der Waals surface area contributed by atoms with Gasteiger partial charge >= 0.3 is 0 Å². The fourth-order valence-electron chi connectivity index (χ4n) is 5.03. The van der Waals surface area contributed by atoms with Gasteiger partial charge in [0.05, 0.1) is 18.2 Å². The molecule has 4 heterocycles. The summed E-state index contributed by atoms with van der Waals surface area (Å²) in [6, 6.07) is 7.68. The smallest absolute Gasteiger partial charge is 0.182 e. The van der Waals surface area contributed by atoms with Crippen molar-refractivity contribution in [3.8, 4) is 28.1 Å². The highest BCUT2D eigenvalue weighted by Gasteiger charge is 2.38. The van der Waals surface area contributed by atoms with E-state index in [-0.39, 0.29) is 16.8 Å². The van der Waals surface area contributed by atoms with Crippen LogP contribution in [0, 0.1) is 0 Å². The van der Waals surface area contributed by atoms with E-state index in [9.17, 15) is 5.11 Å². The number of phenolic OH excluding ortho intramolecular Hbond substituents is 1. The molecule has 8 heteroatoms. The molecule has 0 unspecified atom stereocenters. The Labute approximate surface area is 180 Å². The number of fused-ring (bicyclic) bond motifs is 1. The second kappa shape index (κ2) is 6.88. The van der Waals surface area contributed by atoms with E-state index in [1.807, 2.05) is 24.5 Å². The standard InChI is InChI=1S/C23H27N7O/c1-22(2)9-16(10-23(3,4)29-22)30-13-24-19-8-18(27-28-21(19)30)17-6-5-14(7-20(17)31)15-11-25-26-12-15/h5-8,11-13,16,29,31H,9-10H2,1-4H3,(H,25,26). The number of nitrogens with zero attached hydrogens (tertiary/aromatic N) is 5. The van der Waals surface area contributed by atoms with Crippen molar-refractivity contribution in [3.63, 3.8) is 0 Å². The van der Waals surface area contributed by atoms with Crippen LogP contribution in [0.15, 0.2) is 43.0 Å². The van der Waals surface area contributed by atoms with Crippen molar-refractivity contribution in [2.75, 3.05) is 0 Å². The first kappa shape index (κ1) is 19.7. The van der Waals surface area contributed by atoms with E-state index in [0.717, 1.165) is 35.1 Å². The zero-order valence-corrected chi connectivity index (χ0v) is 18.2.